The van der Waals surface area contributed by atoms with Crippen molar-refractivity contribution in [2.45, 2.75) is 32.4 Å². The highest BCUT2D eigenvalue weighted by Gasteiger charge is 2.41. The molecule has 7 heteroatoms. The van der Waals surface area contributed by atoms with Gasteiger partial charge in [0.05, 0.1) is 17.8 Å². The number of aromatic nitrogens is 2. The molecule has 0 unspecified atom stereocenters. The van der Waals surface area contributed by atoms with Crippen LogP contribution in [0, 0.1) is 13.8 Å². The second-order valence-electron chi connectivity index (χ2n) is 9.12. The standard InChI is InChI=1S/C29H29N5OS/c1-20-8-12-22(13-9-20)31-26(35)16-19-34-28(27(32-29(34)36)24-6-3-4-17-30-24)25-7-5-18-33(25)23-14-10-21(2)11-15-23/h3-15,17-18,27-28H,16,19H2,1-2H3,(H,31,35)(H,32,36)/t27-,28-/m0/s1. The largest absolute Gasteiger partial charge is 0.352 e. The van der Waals surface area contributed by atoms with E-state index < -0.39 is 0 Å². The number of carbonyl (C=O) groups excluding carboxylic acids is 1. The van der Waals surface area contributed by atoms with Gasteiger partial charge in [-0.3, -0.25) is 9.78 Å². The topological polar surface area (TPSA) is 62.2 Å². The van der Waals surface area contributed by atoms with Crippen molar-refractivity contribution in [3.8, 4) is 5.69 Å². The highest BCUT2D eigenvalue weighted by Crippen LogP contribution is 2.39. The molecule has 1 aliphatic rings. The van der Waals surface area contributed by atoms with E-state index in [9.17, 15) is 4.79 Å². The molecule has 1 fully saturated rings. The molecule has 0 radical (unpaired) electrons. The van der Waals surface area contributed by atoms with Crippen LogP contribution in [-0.4, -0.2) is 32.0 Å². The Labute approximate surface area is 217 Å². The van der Waals surface area contributed by atoms with Gasteiger partial charge in [0.15, 0.2) is 5.11 Å². The van der Waals surface area contributed by atoms with Gasteiger partial charge in [-0.05, 0) is 74.6 Å². The normalized spacial score (nSPS) is 17.2. The second-order valence-corrected chi connectivity index (χ2v) is 9.51. The SMILES string of the molecule is Cc1ccc(NC(=O)CCN2C(=S)N[C@@H](c3ccccn3)[C@@H]2c2cccn2-c2ccc(C)cc2)cc1. The maximum Gasteiger partial charge on any atom is 0.226 e. The van der Waals surface area contributed by atoms with Crippen LogP contribution in [-0.2, 0) is 4.79 Å². The smallest absolute Gasteiger partial charge is 0.226 e. The van der Waals surface area contributed by atoms with Crippen molar-refractivity contribution in [3.05, 3.63) is 114 Å². The lowest BCUT2D eigenvalue weighted by molar-refractivity contribution is -0.116. The van der Waals surface area contributed by atoms with Crippen molar-refractivity contribution in [2.75, 3.05) is 11.9 Å². The van der Waals surface area contributed by atoms with Gasteiger partial charge in [-0.15, -0.1) is 0 Å². The number of benzene rings is 2. The third-order valence-electron chi connectivity index (χ3n) is 6.51. The Balaban J connectivity index is 1.43. The van der Waals surface area contributed by atoms with Crippen molar-refractivity contribution in [1.82, 2.24) is 19.8 Å². The molecule has 3 heterocycles. The van der Waals surface area contributed by atoms with E-state index in [1.807, 2.05) is 55.5 Å². The lowest BCUT2D eigenvalue weighted by Crippen LogP contribution is -2.33. The Morgan fingerprint density at radius 3 is 2.39 bits per heavy atom. The number of hydrogen-bond acceptors (Lipinski definition) is 3. The minimum absolute atomic E-state index is 0.0457. The van der Waals surface area contributed by atoms with Crippen LogP contribution in [0.3, 0.4) is 0 Å². The van der Waals surface area contributed by atoms with Crippen LogP contribution in [0.5, 0.6) is 0 Å². The zero-order valence-electron chi connectivity index (χ0n) is 20.4. The third kappa shape index (κ3) is 5.02. The first-order chi connectivity index (χ1) is 17.5. The monoisotopic (exact) mass is 495 g/mol. The Kier molecular flexibility index (Phi) is 6.82. The molecule has 0 saturated carbocycles. The van der Waals surface area contributed by atoms with Crippen LogP contribution in [0.1, 0.15) is 41.0 Å². The number of anilines is 1. The van der Waals surface area contributed by atoms with Gasteiger partial charge < -0.3 is 20.1 Å². The summed E-state index contributed by atoms with van der Waals surface area (Å²) in [5, 5.41) is 7.09. The summed E-state index contributed by atoms with van der Waals surface area (Å²) < 4.78 is 2.19. The molecule has 0 spiro atoms. The molecule has 2 atom stereocenters. The molecule has 2 aromatic heterocycles. The van der Waals surface area contributed by atoms with Gasteiger partial charge in [-0.1, -0.05) is 41.5 Å². The predicted octanol–water partition coefficient (Wildman–Crippen LogP) is 5.49. The fraction of sp³-hybridized carbons (Fsp3) is 0.207. The van der Waals surface area contributed by atoms with Crippen LogP contribution in [0.15, 0.2) is 91.3 Å². The third-order valence-corrected chi connectivity index (χ3v) is 6.86. The molecule has 182 valence electrons. The van der Waals surface area contributed by atoms with Crippen LogP contribution in [0.25, 0.3) is 5.69 Å². The zero-order valence-corrected chi connectivity index (χ0v) is 21.2. The van der Waals surface area contributed by atoms with Crippen molar-refractivity contribution in [3.63, 3.8) is 0 Å². The molecule has 6 nitrogen and oxygen atoms in total. The molecule has 1 amide bonds. The minimum Gasteiger partial charge on any atom is -0.352 e. The quantitative estimate of drug-likeness (QED) is 0.332. The predicted molar refractivity (Wildman–Crippen MR) is 147 cm³/mol. The summed E-state index contributed by atoms with van der Waals surface area (Å²) >= 11 is 5.79. The molecular weight excluding hydrogens is 466 g/mol. The summed E-state index contributed by atoms with van der Waals surface area (Å²) in [6.07, 6.45) is 4.18. The van der Waals surface area contributed by atoms with E-state index in [0.29, 0.717) is 18.1 Å². The number of pyridine rings is 1. The molecule has 1 saturated heterocycles. The first kappa shape index (κ1) is 23.8. The number of thiocarbonyl (C=S) groups is 1. The van der Waals surface area contributed by atoms with Gasteiger partial charge in [-0.2, -0.15) is 0 Å². The van der Waals surface area contributed by atoms with E-state index >= 15 is 0 Å². The first-order valence-corrected chi connectivity index (χ1v) is 12.5. The molecular formula is C29H29N5OS. The molecule has 4 aromatic rings. The van der Waals surface area contributed by atoms with Gasteiger partial charge in [0.25, 0.3) is 0 Å². The Bertz CT molecular complexity index is 1350. The van der Waals surface area contributed by atoms with Crippen molar-refractivity contribution in [2.24, 2.45) is 0 Å². The number of carbonyl (C=O) groups is 1. The van der Waals surface area contributed by atoms with E-state index in [-0.39, 0.29) is 18.0 Å². The maximum atomic E-state index is 12.8. The van der Waals surface area contributed by atoms with Crippen LogP contribution in [0.2, 0.25) is 0 Å². The van der Waals surface area contributed by atoms with Crippen molar-refractivity contribution in [1.29, 1.82) is 0 Å². The van der Waals surface area contributed by atoms with Gasteiger partial charge >= 0.3 is 0 Å². The second kappa shape index (κ2) is 10.3. The number of aryl methyl sites for hydroxylation is 2. The molecule has 0 aliphatic carbocycles. The Hall–Kier alpha value is -3.97. The van der Waals surface area contributed by atoms with Crippen molar-refractivity contribution < 1.29 is 4.79 Å². The summed E-state index contributed by atoms with van der Waals surface area (Å²) in [6, 6.07) is 26.1. The number of nitrogens with one attached hydrogen (secondary N) is 2. The van der Waals surface area contributed by atoms with Gasteiger partial charge in [0.2, 0.25) is 5.91 Å². The lowest BCUT2D eigenvalue weighted by atomic mass is 10.0. The molecule has 2 N–H and O–H groups in total. The van der Waals surface area contributed by atoms with Crippen LogP contribution >= 0.6 is 12.2 Å². The summed E-state index contributed by atoms with van der Waals surface area (Å²) in [7, 11) is 0. The average molecular weight is 496 g/mol. The van der Waals surface area contributed by atoms with E-state index in [4.69, 9.17) is 12.2 Å². The van der Waals surface area contributed by atoms with E-state index in [0.717, 1.165) is 28.3 Å². The first-order valence-electron chi connectivity index (χ1n) is 12.1. The average Bonchev–Trinajstić information content (AvgIpc) is 3.49. The Morgan fingerprint density at radius 1 is 0.972 bits per heavy atom. The fourth-order valence-electron chi connectivity index (χ4n) is 4.63. The van der Waals surface area contributed by atoms with Crippen LogP contribution in [0.4, 0.5) is 5.69 Å². The van der Waals surface area contributed by atoms with Crippen LogP contribution < -0.4 is 10.6 Å². The maximum absolute atomic E-state index is 12.8. The highest BCUT2D eigenvalue weighted by atomic mass is 32.1. The number of rotatable bonds is 7. The van der Waals surface area contributed by atoms with Crippen molar-refractivity contribution >= 4 is 28.9 Å². The zero-order chi connectivity index (χ0) is 25.1. The summed E-state index contributed by atoms with van der Waals surface area (Å²) in [5.41, 5.74) is 6.23. The van der Waals surface area contributed by atoms with E-state index in [1.54, 1.807) is 6.20 Å². The Morgan fingerprint density at radius 2 is 1.69 bits per heavy atom. The highest BCUT2D eigenvalue weighted by molar-refractivity contribution is 7.80. The summed E-state index contributed by atoms with van der Waals surface area (Å²) in [4.78, 5) is 19.5. The van der Waals surface area contributed by atoms with E-state index in [2.05, 4.69) is 68.5 Å². The number of nitrogens with zero attached hydrogens (tertiary/aromatic N) is 3. The number of hydrogen-bond donors (Lipinski definition) is 2. The molecule has 36 heavy (non-hydrogen) atoms. The molecule has 1 aliphatic heterocycles. The fourth-order valence-corrected chi connectivity index (χ4v) is 4.96. The van der Waals surface area contributed by atoms with Gasteiger partial charge in [0.1, 0.15) is 0 Å². The van der Waals surface area contributed by atoms with Gasteiger partial charge in [0, 0.05) is 42.4 Å². The van der Waals surface area contributed by atoms with Gasteiger partial charge in [-0.25, -0.2) is 0 Å². The summed E-state index contributed by atoms with van der Waals surface area (Å²) in [5.74, 6) is -0.0457. The number of amides is 1. The van der Waals surface area contributed by atoms with E-state index in [1.165, 1.54) is 5.56 Å². The lowest BCUT2D eigenvalue weighted by Gasteiger charge is -2.29. The summed E-state index contributed by atoms with van der Waals surface area (Å²) in [6.45, 7) is 4.59. The molecule has 5 rings (SSSR count). The minimum atomic E-state index is -0.141. The molecule has 0 bridgehead atoms. The molecule has 2 aromatic carbocycles.